The molecule has 2 rings (SSSR count). The number of hydrogen-bond acceptors (Lipinski definition) is 2. The number of aromatic amines is 1. The predicted octanol–water partition coefficient (Wildman–Crippen LogP) is 3.64. The Morgan fingerprint density at radius 3 is 2.65 bits per heavy atom. The summed E-state index contributed by atoms with van der Waals surface area (Å²) in [6.45, 7) is 5.88. The van der Waals surface area contributed by atoms with Gasteiger partial charge in [-0.3, -0.25) is 9.67 Å². The first-order valence-electron chi connectivity index (χ1n) is 5.43. The van der Waals surface area contributed by atoms with Gasteiger partial charge in [-0.05, 0) is 56.8 Å². The lowest BCUT2D eigenvalue weighted by molar-refractivity contribution is 0.595. The zero-order valence-corrected chi connectivity index (χ0v) is 10.8. The topological polar surface area (TPSA) is 33.6 Å². The monoisotopic (exact) mass is 251 g/mol. The molecule has 0 amide bonds. The molecule has 0 spiro atoms. The van der Waals surface area contributed by atoms with E-state index in [0.717, 1.165) is 11.1 Å². The molecule has 1 aromatic carbocycles. The van der Waals surface area contributed by atoms with E-state index in [1.807, 2.05) is 31.4 Å². The minimum Gasteiger partial charge on any atom is -0.298 e. The second-order valence-corrected chi connectivity index (χ2v) is 4.72. The third-order valence-electron chi connectivity index (χ3n) is 2.52. The van der Waals surface area contributed by atoms with Crippen LogP contribution in [-0.4, -0.2) is 14.8 Å². The maximum atomic E-state index is 13.4. The molecule has 0 aliphatic rings. The first-order chi connectivity index (χ1) is 7.99. The Bertz CT molecular complexity index is 578. The van der Waals surface area contributed by atoms with E-state index in [9.17, 15) is 4.39 Å². The second kappa shape index (κ2) is 4.41. The average molecular weight is 251 g/mol. The van der Waals surface area contributed by atoms with E-state index in [1.165, 1.54) is 12.1 Å². The van der Waals surface area contributed by atoms with E-state index < -0.39 is 0 Å². The fourth-order valence-electron chi connectivity index (χ4n) is 1.85. The summed E-state index contributed by atoms with van der Waals surface area (Å²) in [6, 6.07) is 5.04. The molecule has 0 atom stereocenters. The maximum Gasteiger partial charge on any atom is 0.195 e. The van der Waals surface area contributed by atoms with Gasteiger partial charge in [-0.15, -0.1) is 0 Å². The van der Waals surface area contributed by atoms with Gasteiger partial charge in [0.15, 0.2) is 10.6 Å². The molecule has 5 heteroatoms. The van der Waals surface area contributed by atoms with Crippen LogP contribution in [0.25, 0.3) is 11.4 Å². The van der Waals surface area contributed by atoms with E-state index in [4.69, 9.17) is 12.2 Å². The van der Waals surface area contributed by atoms with Crippen molar-refractivity contribution in [2.45, 2.75) is 26.8 Å². The highest BCUT2D eigenvalue weighted by molar-refractivity contribution is 7.71. The van der Waals surface area contributed by atoms with Crippen molar-refractivity contribution in [3.8, 4) is 11.4 Å². The number of benzene rings is 1. The van der Waals surface area contributed by atoms with E-state index >= 15 is 0 Å². The summed E-state index contributed by atoms with van der Waals surface area (Å²) in [5.41, 5.74) is 1.60. The maximum absolute atomic E-state index is 13.4. The standard InChI is InChI=1S/C12H14FN3S/c1-7(2)16-11(14-15-12(16)17)9-4-8(3)5-10(13)6-9/h4-7H,1-3H3,(H,15,17). The Morgan fingerprint density at radius 1 is 1.35 bits per heavy atom. The summed E-state index contributed by atoms with van der Waals surface area (Å²) in [7, 11) is 0. The third kappa shape index (κ3) is 2.29. The highest BCUT2D eigenvalue weighted by Crippen LogP contribution is 2.22. The van der Waals surface area contributed by atoms with Crippen LogP contribution in [0.3, 0.4) is 0 Å². The Kier molecular flexibility index (Phi) is 3.11. The largest absolute Gasteiger partial charge is 0.298 e. The number of nitrogens with zero attached hydrogens (tertiary/aromatic N) is 2. The quantitative estimate of drug-likeness (QED) is 0.827. The summed E-state index contributed by atoms with van der Waals surface area (Å²) < 4.78 is 15.8. The molecule has 0 radical (unpaired) electrons. The molecule has 3 nitrogen and oxygen atoms in total. The Balaban J connectivity index is 2.64. The summed E-state index contributed by atoms with van der Waals surface area (Å²) in [5, 5.41) is 6.92. The fourth-order valence-corrected chi connectivity index (χ4v) is 2.20. The number of aryl methyl sites for hydroxylation is 1. The summed E-state index contributed by atoms with van der Waals surface area (Å²) in [6.07, 6.45) is 0. The van der Waals surface area contributed by atoms with Crippen molar-refractivity contribution < 1.29 is 4.39 Å². The van der Waals surface area contributed by atoms with E-state index in [-0.39, 0.29) is 11.9 Å². The molecule has 0 saturated carbocycles. The predicted molar refractivity (Wildman–Crippen MR) is 67.9 cm³/mol. The minimum absolute atomic E-state index is 0.180. The molecule has 1 aromatic heterocycles. The number of hydrogen-bond donors (Lipinski definition) is 1. The Morgan fingerprint density at radius 2 is 2.06 bits per heavy atom. The molecular weight excluding hydrogens is 237 g/mol. The smallest absolute Gasteiger partial charge is 0.195 e. The van der Waals surface area contributed by atoms with Crippen molar-refractivity contribution in [3.05, 3.63) is 34.4 Å². The Hall–Kier alpha value is -1.49. The normalized spacial score (nSPS) is 11.1. The summed E-state index contributed by atoms with van der Waals surface area (Å²) >= 11 is 5.17. The minimum atomic E-state index is -0.260. The average Bonchev–Trinajstić information content (AvgIpc) is 2.58. The molecule has 0 saturated heterocycles. The molecule has 17 heavy (non-hydrogen) atoms. The summed E-state index contributed by atoms with van der Waals surface area (Å²) in [5.74, 6) is 0.414. The molecule has 0 bridgehead atoms. The molecule has 90 valence electrons. The number of halogens is 1. The van der Waals surface area contributed by atoms with Crippen molar-refractivity contribution >= 4 is 12.2 Å². The number of rotatable bonds is 2. The fraction of sp³-hybridized carbons (Fsp3) is 0.333. The SMILES string of the molecule is Cc1cc(F)cc(-c2n[nH]c(=S)n2C(C)C)c1. The highest BCUT2D eigenvalue weighted by Gasteiger charge is 2.12. The molecule has 1 heterocycles. The number of aromatic nitrogens is 3. The van der Waals surface area contributed by atoms with E-state index in [2.05, 4.69) is 10.2 Å². The first kappa shape index (κ1) is 12.0. The molecule has 0 unspecified atom stereocenters. The molecule has 0 fully saturated rings. The zero-order chi connectivity index (χ0) is 12.6. The molecule has 0 aliphatic carbocycles. The van der Waals surface area contributed by atoms with Crippen LogP contribution in [0.4, 0.5) is 4.39 Å². The van der Waals surface area contributed by atoms with Crippen LogP contribution in [0.2, 0.25) is 0 Å². The summed E-state index contributed by atoms with van der Waals surface area (Å²) in [4.78, 5) is 0. The van der Waals surface area contributed by atoms with Crippen molar-refractivity contribution in [3.63, 3.8) is 0 Å². The van der Waals surface area contributed by atoms with Crippen LogP contribution in [0.15, 0.2) is 18.2 Å². The molecule has 1 N–H and O–H groups in total. The highest BCUT2D eigenvalue weighted by atomic mass is 32.1. The zero-order valence-electron chi connectivity index (χ0n) is 9.99. The van der Waals surface area contributed by atoms with Gasteiger partial charge in [0.1, 0.15) is 5.82 Å². The Labute approximate surface area is 104 Å². The third-order valence-corrected chi connectivity index (χ3v) is 2.81. The van der Waals surface area contributed by atoms with Gasteiger partial charge >= 0.3 is 0 Å². The molecule has 0 aliphatic heterocycles. The van der Waals surface area contributed by atoms with Gasteiger partial charge in [0.05, 0.1) is 0 Å². The van der Waals surface area contributed by atoms with E-state index in [1.54, 1.807) is 0 Å². The van der Waals surface area contributed by atoms with Crippen molar-refractivity contribution in [2.24, 2.45) is 0 Å². The van der Waals surface area contributed by atoms with Gasteiger partial charge in [0.25, 0.3) is 0 Å². The molecule has 2 aromatic rings. The van der Waals surface area contributed by atoms with Crippen LogP contribution >= 0.6 is 12.2 Å². The van der Waals surface area contributed by atoms with Gasteiger partial charge in [0, 0.05) is 11.6 Å². The first-order valence-corrected chi connectivity index (χ1v) is 5.84. The lowest BCUT2D eigenvalue weighted by Crippen LogP contribution is -2.03. The van der Waals surface area contributed by atoms with Crippen LogP contribution < -0.4 is 0 Å². The lowest BCUT2D eigenvalue weighted by Gasteiger charge is -2.10. The van der Waals surface area contributed by atoms with E-state index in [0.29, 0.717) is 10.6 Å². The van der Waals surface area contributed by atoms with Crippen LogP contribution in [-0.2, 0) is 0 Å². The van der Waals surface area contributed by atoms with Crippen LogP contribution in [0.1, 0.15) is 25.5 Å². The van der Waals surface area contributed by atoms with Gasteiger partial charge in [-0.25, -0.2) is 4.39 Å². The second-order valence-electron chi connectivity index (χ2n) is 4.33. The van der Waals surface area contributed by atoms with Gasteiger partial charge in [0.2, 0.25) is 0 Å². The van der Waals surface area contributed by atoms with Crippen molar-refractivity contribution in [1.29, 1.82) is 0 Å². The van der Waals surface area contributed by atoms with Crippen LogP contribution in [0.5, 0.6) is 0 Å². The molecular formula is C12H14FN3S. The lowest BCUT2D eigenvalue weighted by atomic mass is 10.1. The van der Waals surface area contributed by atoms with Crippen molar-refractivity contribution in [1.82, 2.24) is 14.8 Å². The van der Waals surface area contributed by atoms with Crippen molar-refractivity contribution in [2.75, 3.05) is 0 Å². The van der Waals surface area contributed by atoms with Gasteiger partial charge in [-0.1, -0.05) is 0 Å². The van der Waals surface area contributed by atoms with Gasteiger partial charge in [-0.2, -0.15) is 5.10 Å². The number of H-pyrrole nitrogens is 1. The number of nitrogens with one attached hydrogen (secondary N) is 1. The van der Waals surface area contributed by atoms with Crippen LogP contribution in [0, 0.1) is 17.5 Å². The van der Waals surface area contributed by atoms with Gasteiger partial charge < -0.3 is 0 Å².